The highest BCUT2D eigenvalue weighted by Gasteiger charge is 2.29. The lowest BCUT2D eigenvalue weighted by Crippen LogP contribution is -2.47. The van der Waals surface area contributed by atoms with Crippen LogP contribution in [-0.2, 0) is 14.8 Å². The molecule has 162 valence electrons. The van der Waals surface area contributed by atoms with E-state index in [0.717, 1.165) is 5.56 Å². The fraction of sp³-hybridized carbons (Fsp3) is 0.409. The first-order chi connectivity index (χ1) is 14.2. The van der Waals surface area contributed by atoms with Gasteiger partial charge in [-0.05, 0) is 41.7 Å². The molecule has 0 saturated carbocycles. The maximum absolute atomic E-state index is 12.9. The van der Waals surface area contributed by atoms with Gasteiger partial charge in [0.15, 0.2) is 11.5 Å². The molecule has 1 heterocycles. The standard InChI is InChI=1S/C22H28N2O5S/c1-14(2)16-5-7-17(8-6-16)23-22(25)21(15(3)4)24-30(26,27)18-9-10-19-20(13-18)29-12-11-28-19/h5-10,13-15,21,24H,11-12H2,1-4H3,(H,23,25). The van der Waals surface area contributed by atoms with Gasteiger partial charge in [0.25, 0.3) is 0 Å². The van der Waals surface area contributed by atoms with Gasteiger partial charge in [-0.3, -0.25) is 4.79 Å². The molecule has 2 N–H and O–H groups in total. The van der Waals surface area contributed by atoms with Gasteiger partial charge in [-0.15, -0.1) is 0 Å². The Morgan fingerprint density at radius 1 is 0.933 bits per heavy atom. The first kappa shape index (κ1) is 22.1. The minimum absolute atomic E-state index is 0.0199. The summed E-state index contributed by atoms with van der Waals surface area (Å²) < 4.78 is 39.3. The molecule has 1 amide bonds. The number of anilines is 1. The van der Waals surface area contributed by atoms with E-state index in [1.807, 2.05) is 24.3 Å². The van der Waals surface area contributed by atoms with Crippen molar-refractivity contribution >= 4 is 21.6 Å². The van der Waals surface area contributed by atoms with Crippen LogP contribution in [0.2, 0.25) is 0 Å². The first-order valence-corrected chi connectivity index (χ1v) is 11.5. The second-order valence-corrected chi connectivity index (χ2v) is 9.63. The molecule has 2 aromatic carbocycles. The second kappa shape index (κ2) is 9.06. The highest BCUT2D eigenvalue weighted by atomic mass is 32.2. The summed E-state index contributed by atoms with van der Waals surface area (Å²) >= 11 is 0. The summed E-state index contributed by atoms with van der Waals surface area (Å²) in [6.07, 6.45) is 0. The van der Waals surface area contributed by atoms with Gasteiger partial charge in [-0.2, -0.15) is 4.72 Å². The first-order valence-electron chi connectivity index (χ1n) is 10.00. The molecule has 0 radical (unpaired) electrons. The Labute approximate surface area is 177 Å². The summed E-state index contributed by atoms with van der Waals surface area (Å²) in [5, 5.41) is 2.80. The lowest BCUT2D eigenvalue weighted by atomic mass is 10.0. The topological polar surface area (TPSA) is 93.7 Å². The predicted molar refractivity (Wildman–Crippen MR) is 116 cm³/mol. The van der Waals surface area contributed by atoms with Gasteiger partial charge >= 0.3 is 0 Å². The van der Waals surface area contributed by atoms with Crippen molar-refractivity contribution in [3.63, 3.8) is 0 Å². The SMILES string of the molecule is CC(C)c1ccc(NC(=O)C(NS(=O)(=O)c2ccc3c(c2)OCCO3)C(C)C)cc1. The number of ether oxygens (including phenoxy) is 2. The van der Waals surface area contributed by atoms with E-state index in [0.29, 0.717) is 36.3 Å². The molecule has 1 aliphatic rings. The molecule has 1 atom stereocenters. The van der Waals surface area contributed by atoms with E-state index in [2.05, 4.69) is 23.9 Å². The monoisotopic (exact) mass is 432 g/mol. The highest BCUT2D eigenvalue weighted by Crippen LogP contribution is 2.32. The zero-order valence-electron chi connectivity index (χ0n) is 17.6. The number of carbonyl (C=O) groups excluding carboxylic acids is 1. The maximum atomic E-state index is 12.9. The van der Waals surface area contributed by atoms with Gasteiger partial charge in [0, 0.05) is 11.8 Å². The Bertz CT molecular complexity index is 1000. The zero-order valence-corrected chi connectivity index (χ0v) is 18.5. The molecule has 0 aliphatic carbocycles. The number of rotatable bonds is 7. The van der Waals surface area contributed by atoms with Gasteiger partial charge in [-0.25, -0.2) is 8.42 Å². The number of carbonyl (C=O) groups is 1. The average Bonchev–Trinajstić information content (AvgIpc) is 2.71. The van der Waals surface area contributed by atoms with Crippen LogP contribution in [0, 0.1) is 5.92 Å². The van der Waals surface area contributed by atoms with Crippen molar-refractivity contribution in [2.24, 2.45) is 5.92 Å². The van der Waals surface area contributed by atoms with E-state index >= 15 is 0 Å². The van der Waals surface area contributed by atoms with E-state index in [1.165, 1.54) is 12.1 Å². The number of fused-ring (bicyclic) bond motifs is 1. The average molecular weight is 433 g/mol. The second-order valence-electron chi connectivity index (χ2n) is 7.91. The normalized spacial score (nSPS) is 14.6. The van der Waals surface area contributed by atoms with Crippen molar-refractivity contribution in [3.05, 3.63) is 48.0 Å². The molecule has 0 saturated heterocycles. The van der Waals surface area contributed by atoms with Crippen LogP contribution in [0.4, 0.5) is 5.69 Å². The summed E-state index contributed by atoms with van der Waals surface area (Å²) in [4.78, 5) is 12.9. The summed E-state index contributed by atoms with van der Waals surface area (Å²) in [7, 11) is -3.94. The molecule has 0 aromatic heterocycles. The molecule has 2 aromatic rings. The molecule has 0 bridgehead atoms. The van der Waals surface area contributed by atoms with Crippen LogP contribution < -0.4 is 19.5 Å². The highest BCUT2D eigenvalue weighted by molar-refractivity contribution is 7.89. The van der Waals surface area contributed by atoms with Crippen molar-refractivity contribution < 1.29 is 22.7 Å². The zero-order chi connectivity index (χ0) is 21.9. The van der Waals surface area contributed by atoms with Crippen molar-refractivity contribution in [1.82, 2.24) is 4.72 Å². The lowest BCUT2D eigenvalue weighted by Gasteiger charge is -2.23. The molecular formula is C22H28N2O5S. The summed E-state index contributed by atoms with van der Waals surface area (Å²) in [5.74, 6) is 0.592. The Morgan fingerprint density at radius 3 is 2.17 bits per heavy atom. The molecule has 7 nitrogen and oxygen atoms in total. The predicted octanol–water partition coefficient (Wildman–Crippen LogP) is 3.52. The number of amides is 1. The van der Waals surface area contributed by atoms with Crippen LogP contribution in [0.1, 0.15) is 39.2 Å². The molecular weight excluding hydrogens is 404 g/mol. The minimum atomic E-state index is -3.94. The van der Waals surface area contributed by atoms with E-state index in [4.69, 9.17) is 9.47 Å². The van der Waals surface area contributed by atoms with Gasteiger partial charge in [-0.1, -0.05) is 39.8 Å². The van der Waals surface area contributed by atoms with Gasteiger partial charge in [0.05, 0.1) is 4.90 Å². The lowest BCUT2D eigenvalue weighted by molar-refractivity contribution is -0.118. The van der Waals surface area contributed by atoms with Crippen LogP contribution in [0.5, 0.6) is 11.5 Å². The largest absolute Gasteiger partial charge is 0.486 e. The van der Waals surface area contributed by atoms with Crippen LogP contribution >= 0.6 is 0 Å². The smallest absolute Gasteiger partial charge is 0.242 e. The Balaban J connectivity index is 1.76. The van der Waals surface area contributed by atoms with Crippen molar-refractivity contribution in [3.8, 4) is 11.5 Å². The molecule has 1 unspecified atom stereocenters. The Hall–Kier alpha value is -2.58. The third-order valence-electron chi connectivity index (χ3n) is 4.90. The Morgan fingerprint density at radius 2 is 1.57 bits per heavy atom. The van der Waals surface area contributed by atoms with Crippen LogP contribution in [0.3, 0.4) is 0 Å². The molecule has 0 spiro atoms. The Kier molecular flexibility index (Phi) is 6.67. The van der Waals surface area contributed by atoms with Crippen LogP contribution in [0.25, 0.3) is 0 Å². The fourth-order valence-electron chi connectivity index (χ4n) is 3.09. The number of hydrogen-bond donors (Lipinski definition) is 2. The van der Waals surface area contributed by atoms with E-state index < -0.39 is 22.0 Å². The summed E-state index contributed by atoms with van der Waals surface area (Å²) in [6.45, 7) is 8.54. The van der Waals surface area contributed by atoms with Crippen LogP contribution in [-0.4, -0.2) is 33.6 Å². The summed E-state index contributed by atoms with van der Waals surface area (Å²) in [5.41, 5.74) is 1.78. The van der Waals surface area contributed by atoms with E-state index in [1.54, 1.807) is 19.9 Å². The molecule has 0 fully saturated rings. The molecule has 1 aliphatic heterocycles. The van der Waals surface area contributed by atoms with Gasteiger partial charge < -0.3 is 14.8 Å². The van der Waals surface area contributed by atoms with Crippen molar-refractivity contribution in [2.75, 3.05) is 18.5 Å². The van der Waals surface area contributed by atoms with Crippen LogP contribution in [0.15, 0.2) is 47.4 Å². The molecule has 3 rings (SSSR count). The molecule has 8 heteroatoms. The van der Waals surface area contributed by atoms with E-state index in [-0.39, 0.29) is 10.8 Å². The quantitative estimate of drug-likeness (QED) is 0.698. The third kappa shape index (κ3) is 5.12. The number of benzene rings is 2. The fourth-order valence-corrected chi connectivity index (χ4v) is 4.45. The van der Waals surface area contributed by atoms with Gasteiger partial charge in [0.2, 0.25) is 15.9 Å². The molecule has 30 heavy (non-hydrogen) atoms. The number of sulfonamides is 1. The minimum Gasteiger partial charge on any atom is -0.486 e. The summed E-state index contributed by atoms with van der Waals surface area (Å²) in [6, 6.07) is 11.0. The number of hydrogen-bond acceptors (Lipinski definition) is 5. The van der Waals surface area contributed by atoms with Crippen molar-refractivity contribution in [2.45, 2.75) is 44.6 Å². The third-order valence-corrected chi connectivity index (χ3v) is 6.34. The number of nitrogens with one attached hydrogen (secondary N) is 2. The van der Waals surface area contributed by atoms with Gasteiger partial charge in [0.1, 0.15) is 19.3 Å². The maximum Gasteiger partial charge on any atom is 0.242 e. The van der Waals surface area contributed by atoms with E-state index in [9.17, 15) is 13.2 Å². The van der Waals surface area contributed by atoms with Crippen molar-refractivity contribution in [1.29, 1.82) is 0 Å².